The lowest BCUT2D eigenvalue weighted by atomic mass is 9.95. The zero-order chi connectivity index (χ0) is 13.4. The Bertz CT molecular complexity index is 272. The molecule has 98 valence electrons. The van der Waals surface area contributed by atoms with Crippen LogP contribution in [-0.2, 0) is 19.1 Å². The van der Waals surface area contributed by atoms with Gasteiger partial charge in [0.05, 0.1) is 13.2 Å². The fourth-order valence-electron chi connectivity index (χ4n) is 1.09. The normalized spacial score (nSPS) is 11.9. The van der Waals surface area contributed by atoms with Crippen LogP contribution in [0, 0.1) is 11.8 Å². The van der Waals surface area contributed by atoms with Crippen LogP contribution in [0.4, 0.5) is 0 Å². The standard InChI is InChI=1S/C13H22O4/c1-6-16-12(14)11(13(15)17-7-2)8-10(5)9(3)4/h8-10H,6-7H2,1-5H3. The van der Waals surface area contributed by atoms with Crippen molar-refractivity contribution in [3.8, 4) is 0 Å². The highest BCUT2D eigenvalue weighted by molar-refractivity contribution is 6.14. The minimum Gasteiger partial charge on any atom is -0.462 e. The number of hydrogen-bond acceptors (Lipinski definition) is 4. The molecule has 0 amide bonds. The molecule has 0 aromatic carbocycles. The average molecular weight is 242 g/mol. The van der Waals surface area contributed by atoms with Gasteiger partial charge in [-0.3, -0.25) is 0 Å². The Labute approximate surface area is 103 Å². The first-order valence-corrected chi connectivity index (χ1v) is 6.00. The quantitative estimate of drug-likeness (QED) is 0.310. The fourth-order valence-corrected chi connectivity index (χ4v) is 1.09. The molecule has 0 radical (unpaired) electrons. The van der Waals surface area contributed by atoms with Gasteiger partial charge in [-0.2, -0.15) is 0 Å². The molecule has 1 unspecified atom stereocenters. The summed E-state index contributed by atoms with van der Waals surface area (Å²) in [5.74, 6) is -0.774. The van der Waals surface area contributed by atoms with Gasteiger partial charge in [0.1, 0.15) is 5.57 Å². The highest BCUT2D eigenvalue weighted by Crippen LogP contribution is 2.15. The molecule has 0 aromatic rings. The molecular weight excluding hydrogens is 220 g/mol. The van der Waals surface area contributed by atoms with Crippen LogP contribution in [0.25, 0.3) is 0 Å². The van der Waals surface area contributed by atoms with Crippen molar-refractivity contribution in [2.24, 2.45) is 11.8 Å². The van der Waals surface area contributed by atoms with Gasteiger partial charge < -0.3 is 9.47 Å². The van der Waals surface area contributed by atoms with Crippen LogP contribution in [0.2, 0.25) is 0 Å². The second-order valence-electron chi connectivity index (χ2n) is 4.12. The maximum Gasteiger partial charge on any atom is 0.345 e. The molecule has 0 aliphatic heterocycles. The maximum atomic E-state index is 11.6. The van der Waals surface area contributed by atoms with Crippen molar-refractivity contribution in [1.29, 1.82) is 0 Å². The molecule has 4 nitrogen and oxygen atoms in total. The van der Waals surface area contributed by atoms with E-state index in [2.05, 4.69) is 0 Å². The highest BCUT2D eigenvalue weighted by Gasteiger charge is 2.22. The summed E-state index contributed by atoms with van der Waals surface area (Å²) in [4.78, 5) is 23.3. The van der Waals surface area contributed by atoms with Crippen molar-refractivity contribution in [2.45, 2.75) is 34.6 Å². The van der Waals surface area contributed by atoms with Gasteiger partial charge in [0.15, 0.2) is 0 Å². The van der Waals surface area contributed by atoms with E-state index in [4.69, 9.17) is 9.47 Å². The van der Waals surface area contributed by atoms with Crippen LogP contribution >= 0.6 is 0 Å². The van der Waals surface area contributed by atoms with E-state index in [1.165, 1.54) is 0 Å². The van der Waals surface area contributed by atoms with Crippen LogP contribution < -0.4 is 0 Å². The van der Waals surface area contributed by atoms with Crippen molar-refractivity contribution in [3.05, 3.63) is 11.6 Å². The molecule has 1 atom stereocenters. The van der Waals surface area contributed by atoms with Gasteiger partial charge in [-0.25, -0.2) is 9.59 Å². The van der Waals surface area contributed by atoms with Crippen LogP contribution in [0.1, 0.15) is 34.6 Å². The van der Waals surface area contributed by atoms with E-state index in [1.54, 1.807) is 19.9 Å². The molecule has 0 spiro atoms. The largest absolute Gasteiger partial charge is 0.462 e. The molecule has 0 saturated heterocycles. The Morgan fingerprint density at radius 1 is 1.00 bits per heavy atom. The summed E-state index contributed by atoms with van der Waals surface area (Å²) < 4.78 is 9.69. The van der Waals surface area contributed by atoms with E-state index in [9.17, 15) is 9.59 Å². The smallest absolute Gasteiger partial charge is 0.345 e. The third kappa shape index (κ3) is 5.52. The van der Waals surface area contributed by atoms with Crippen LogP contribution in [-0.4, -0.2) is 25.2 Å². The Kier molecular flexibility index (Phi) is 7.26. The molecule has 0 heterocycles. The summed E-state index contributed by atoms with van der Waals surface area (Å²) in [6.07, 6.45) is 1.63. The number of carbonyl (C=O) groups excluding carboxylic acids is 2. The Morgan fingerprint density at radius 3 is 1.71 bits per heavy atom. The van der Waals surface area contributed by atoms with Gasteiger partial charge >= 0.3 is 11.9 Å². The molecule has 0 fully saturated rings. The Balaban J connectivity index is 4.96. The second kappa shape index (κ2) is 7.87. The van der Waals surface area contributed by atoms with Gasteiger partial charge in [-0.05, 0) is 25.7 Å². The molecular formula is C13H22O4. The SMILES string of the molecule is CCOC(=O)C(=CC(C)C(C)C)C(=O)OCC. The number of esters is 2. The lowest BCUT2D eigenvalue weighted by Gasteiger charge is -2.13. The monoisotopic (exact) mass is 242 g/mol. The molecule has 0 N–H and O–H groups in total. The summed E-state index contributed by atoms with van der Waals surface area (Å²) in [5.41, 5.74) is -0.00472. The highest BCUT2D eigenvalue weighted by atomic mass is 16.6. The van der Waals surface area contributed by atoms with Crippen molar-refractivity contribution < 1.29 is 19.1 Å². The Hall–Kier alpha value is -1.32. The topological polar surface area (TPSA) is 52.6 Å². The lowest BCUT2D eigenvalue weighted by molar-refractivity contribution is -0.146. The van der Waals surface area contributed by atoms with Crippen LogP contribution in [0.3, 0.4) is 0 Å². The first-order chi connectivity index (χ1) is 7.93. The van der Waals surface area contributed by atoms with E-state index >= 15 is 0 Å². The Morgan fingerprint density at radius 2 is 1.41 bits per heavy atom. The molecule has 0 saturated carbocycles. The summed E-state index contributed by atoms with van der Waals surface area (Å²) in [6, 6.07) is 0. The average Bonchev–Trinajstić information content (AvgIpc) is 2.25. The van der Waals surface area contributed by atoms with E-state index < -0.39 is 11.9 Å². The summed E-state index contributed by atoms with van der Waals surface area (Å²) in [6.45, 7) is 9.88. The number of hydrogen-bond donors (Lipinski definition) is 0. The number of rotatable bonds is 6. The van der Waals surface area contributed by atoms with Gasteiger partial charge in [0.2, 0.25) is 0 Å². The van der Waals surface area contributed by atoms with Crippen molar-refractivity contribution in [3.63, 3.8) is 0 Å². The first-order valence-electron chi connectivity index (χ1n) is 6.00. The third-order valence-corrected chi connectivity index (χ3v) is 2.47. The number of allylic oxidation sites excluding steroid dienone is 1. The zero-order valence-corrected chi connectivity index (χ0v) is 11.3. The van der Waals surface area contributed by atoms with Gasteiger partial charge in [-0.15, -0.1) is 0 Å². The third-order valence-electron chi connectivity index (χ3n) is 2.47. The van der Waals surface area contributed by atoms with Gasteiger partial charge in [-0.1, -0.05) is 26.8 Å². The van der Waals surface area contributed by atoms with Gasteiger partial charge in [0.25, 0.3) is 0 Å². The minimum atomic E-state index is -0.613. The molecule has 0 aromatic heterocycles. The number of ether oxygens (including phenoxy) is 2. The molecule has 0 aliphatic rings. The van der Waals surface area contributed by atoms with Crippen LogP contribution in [0.15, 0.2) is 11.6 Å². The maximum absolute atomic E-state index is 11.6. The summed E-state index contributed by atoms with van der Waals surface area (Å²) in [7, 11) is 0. The van der Waals surface area contributed by atoms with Crippen LogP contribution in [0.5, 0.6) is 0 Å². The van der Waals surface area contributed by atoms with Crippen molar-refractivity contribution in [2.75, 3.05) is 13.2 Å². The molecule has 0 rings (SSSR count). The molecule has 4 heteroatoms. The van der Waals surface area contributed by atoms with Gasteiger partial charge in [0, 0.05) is 0 Å². The summed E-state index contributed by atoms with van der Waals surface area (Å²) in [5, 5.41) is 0. The van der Waals surface area contributed by atoms with E-state index in [0.717, 1.165) is 0 Å². The molecule has 0 aliphatic carbocycles. The first kappa shape index (κ1) is 15.7. The van der Waals surface area contributed by atoms with E-state index in [1.807, 2.05) is 20.8 Å². The predicted molar refractivity (Wildman–Crippen MR) is 65.4 cm³/mol. The minimum absolute atomic E-state index is 0.00472. The van der Waals surface area contributed by atoms with Crippen molar-refractivity contribution in [1.82, 2.24) is 0 Å². The summed E-state index contributed by atoms with van der Waals surface area (Å²) >= 11 is 0. The van der Waals surface area contributed by atoms with E-state index in [0.29, 0.717) is 5.92 Å². The lowest BCUT2D eigenvalue weighted by Crippen LogP contribution is -2.20. The van der Waals surface area contributed by atoms with Crippen molar-refractivity contribution >= 4 is 11.9 Å². The molecule has 17 heavy (non-hydrogen) atoms. The molecule has 0 bridgehead atoms. The fraction of sp³-hybridized carbons (Fsp3) is 0.692. The number of carbonyl (C=O) groups is 2. The predicted octanol–water partition coefficient (Wildman–Crippen LogP) is 2.33. The second-order valence-corrected chi connectivity index (χ2v) is 4.12. The zero-order valence-electron chi connectivity index (χ0n) is 11.3. The van der Waals surface area contributed by atoms with E-state index in [-0.39, 0.29) is 24.7 Å².